The van der Waals surface area contributed by atoms with Gasteiger partial charge in [0.1, 0.15) is 11.9 Å². The Balaban J connectivity index is 2.31. The van der Waals surface area contributed by atoms with Crippen LogP contribution in [0.4, 0.5) is 4.39 Å². The average molecular weight is 439 g/mol. The normalized spacial score (nSPS) is 12.9. The monoisotopic (exact) mass is 438 g/mol. The van der Waals surface area contributed by atoms with Gasteiger partial charge in [0, 0.05) is 28.2 Å². The molecule has 0 unspecified atom stereocenters. The molecule has 0 saturated heterocycles. The Bertz CT molecular complexity index is 855. The van der Waals surface area contributed by atoms with Crippen molar-refractivity contribution in [3.8, 4) is 0 Å². The van der Waals surface area contributed by atoms with Crippen molar-refractivity contribution in [1.29, 1.82) is 0 Å². The van der Waals surface area contributed by atoms with Crippen molar-refractivity contribution < 1.29 is 14.0 Å². The number of benzene rings is 2. The lowest BCUT2D eigenvalue weighted by atomic mass is 10.1. The molecule has 2 atom stereocenters. The van der Waals surface area contributed by atoms with E-state index >= 15 is 0 Å². The van der Waals surface area contributed by atoms with Crippen molar-refractivity contribution in [1.82, 2.24) is 10.2 Å². The van der Waals surface area contributed by atoms with Gasteiger partial charge in [-0.05, 0) is 44.0 Å². The Morgan fingerprint density at radius 1 is 1.07 bits per heavy atom. The molecule has 0 spiro atoms. The summed E-state index contributed by atoms with van der Waals surface area (Å²) in [7, 11) is 0. The number of carbonyl (C=O) groups excluding carboxylic acids is 2. The zero-order chi connectivity index (χ0) is 21.6. The van der Waals surface area contributed by atoms with Crippen LogP contribution in [0.15, 0.2) is 42.5 Å². The zero-order valence-corrected chi connectivity index (χ0v) is 18.2. The Morgan fingerprint density at radius 3 is 2.28 bits per heavy atom. The van der Waals surface area contributed by atoms with Crippen molar-refractivity contribution in [2.75, 3.05) is 0 Å². The fourth-order valence-electron chi connectivity index (χ4n) is 2.81. The highest BCUT2D eigenvalue weighted by molar-refractivity contribution is 6.36. The third-order valence-electron chi connectivity index (χ3n) is 4.86. The van der Waals surface area contributed by atoms with Crippen molar-refractivity contribution in [3.05, 3.63) is 69.5 Å². The van der Waals surface area contributed by atoms with Crippen LogP contribution in [0.2, 0.25) is 10.0 Å². The van der Waals surface area contributed by atoms with Gasteiger partial charge in [-0.1, -0.05) is 54.4 Å². The van der Waals surface area contributed by atoms with Gasteiger partial charge in [0.15, 0.2) is 0 Å². The van der Waals surface area contributed by atoms with E-state index in [-0.39, 0.29) is 30.8 Å². The Labute approximate surface area is 181 Å². The molecule has 0 aliphatic heterocycles. The average Bonchev–Trinajstić information content (AvgIpc) is 2.69. The fourth-order valence-corrected chi connectivity index (χ4v) is 3.34. The number of hydrogen-bond donors (Lipinski definition) is 1. The SMILES string of the molecule is CC[C@H](C)NC(=O)[C@@H](C)N(Cc1ccccc1F)C(=O)Cc1c(Cl)cccc1Cl. The third kappa shape index (κ3) is 6.18. The fraction of sp³-hybridized carbons (Fsp3) is 0.364. The second-order valence-electron chi connectivity index (χ2n) is 6.98. The first-order valence-electron chi connectivity index (χ1n) is 9.50. The number of nitrogens with one attached hydrogen (secondary N) is 1. The predicted molar refractivity (Wildman–Crippen MR) is 114 cm³/mol. The summed E-state index contributed by atoms with van der Waals surface area (Å²) in [4.78, 5) is 27.2. The minimum absolute atomic E-state index is 0.0339. The van der Waals surface area contributed by atoms with Crippen LogP contribution in [0, 0.1) is 5.82 Å². The van der Waals surface area contributed by atoms with E-state index < -0.39 is 11.9 Å². The molecule has 29 heavy (non-hydrogen) atoms. The van der Waals surface area contributed by atoms with Gasteiger partial charge in [0.2, 0.25) is 11.8 Å². The molecule has 2 rings (SSSR count). The van der Waals surface area contributed by atoms with E-state index in [4.69, 9.17) is 23.2 Å². The lowest BCUT2D eigenvalue weighted by Crippen LogP contribution is -2.50. The molecule has 156 valence electrons. The molecule has 2 aromatic carbocycles. The summed E-state index contributed by atoms with van der Waals surface area (Å²) in [6, 6.07) is 10.4. The number of rotatable bonds is 8. The molecular weight excluding hydrogens is 414 g/mol. The van der Waals surface area contributed by atoms with Crippen molar-refractivity contribution >= 4 is 35.0 Å². The molecule has 0 aliphatic rings. The number of nitrogens with zero attached hydrogens (tertiary/aromatic N) is 1. The minimum atomic E-state index is -0.794. The summed E-state index contributed by atoms with van der Waals surface area (Å²) in [5.74, 6) is -1.10. The quantitative estimate of drug-likeness (QED) is 0.629. The minimum Gasteiger partial charge on any atom is -0.352 e. The van der Waals surface area contributed by atoms with Crippen LogP contribution in [-0.4, -0.2) is 28.8 Å². The van der Waals surface area contributed by atoms with Gasteiger partial charge < -0.3 is 10.2 Å². The van der Waals surface area contributed by atoms with E-state index in [0.29, 0.717) is 21.2 Å². The van der Waals surface area contributed by atoms with E-state index in [1.54, 1.807) is 43.3 Å². The second kappa shape index (κ2) is 10.6. The molecule has 2 aromatic rings. The first-order chi connectivity index (χ1) is 13.7. The van der Waals surface area contributed by atoms with Crippen molar-refractivity contribution in [3.63, 3.8) is 0 Å². The molecule has 0 heterocycles. The largest absolute Gasteiger partial charge is 0.352 e. The van der Waals surface area contributed by atoms with Gasteiger partial charge in [0.25, 0.3) is 0 Å². The maximum atomic E-state index is 14.2. The molecule has 0 radical (unpaired) electrons. The molecule has 2 amide bonds. The molecule has 0 aliphatic carbocycles. The van der Waals surface area contributed by atoms with Gasteiger partial charge in [0.05, 0.1) is 6.42 Å². The first-order valence-corrected chi connectivity index (χ1v) is 10.3. The molecular formula is C22H25Cl2FN2O2. The number of carbonyl (C=O) groups is 2. The first kappa shape index (κ1) is 23.2. The molecule has 0 fully saturated rings. The Kier molecular flexibility index (Phi) is 8.47. The standard InChI is InChI=1S/C22H25Cl2FN2O2/c1-4-14(2)26-22(29)15(3)27(13-16-8-5-6-11-20(16)25)21(28)12-17-18(23)9-7-10-19(17)24/h5-11,14-15H,4,12-13H2,1-3H3,(H,26,29)/t14-,15+/m0/s1. The van der Waals surface area contributed by atoms with E-state index in [2.05, 4.69) is 5.32 Å². The van der Waals surface area contributed by atoms with Crippen LogP contribution in [0.5, 0.6) is 0 Å². The smallest absolute Gasteiger partial charge is 0.242 e. The zero-order valence-electron chi connectivity index (χ0n) is 16.7. The molecule has 7 heteroatoms. The maximum Gasteiger partial charge on any atom is 0.242 e. The van der Waals surface area contributed by atoms with Gasteiger partial charge in [-0.3, -0.25) is 9.59 Å². The maximum absolute atomic E-state index is 14.2. The summed E-state index contributed by atoms with van der Waals surface area (Å²) in [5.41, 5.74) is 0.809. The molecule has 0 aromatic heterocycles. The number of hydrogen-bond acceptors (Lipinski definition) is 2. The highest BCUT2D eigenvalue weighted by Crippen LogP contribution is 2.26. The van der Waals surface area contributed by atoms with Gasteiger partial charge in [-0.25, -0.2) is 4.39 Å². The Morgan fingerprint density at radius 2 is 1.69 bits per heavy atom. The summed E-state index contributed by atoms with van der Waals surface area (Å²) in [6.45, 7) is 5.43. The van der Waals surface area contributed by atoms with E-state index in [1.807, 2.05) is 13.8 Å². The summed E-state index contributed by atoms with van der Waals surface area (Å²) in [5, 5.41) is 3.61. The highest BCUT2D eigenvalue weighted by Gasteiger charge is 2.28. The van der Waals surface area contributed by atoms with Gasteiger partial charge in [-0.15, -0.1) is 0 Å². The topological polar surface area (TPSA) is 49.4 Å². The molecule has 0 saturated carbocycles. The third-order valence-corrected chi connectivity index (χ3v) is 5.56. The van der Waals surface area contributed by atoms with E-state index in [1.165, 1.54) is 11.0 Å². The van der Waals surface area contributed by atoms with E-state index in [9.17, 15) is 14.0 Å². The molecule has 1 N–H and O–H groups in total. The lowest BCUT2D eigenvalue weighted by molar-refractivity contribution is -0.140. The highest BCUT2D eigenvalue weighted by atomic mass is 35.5. The summed E-state index contributed by atoms with van der Waals surface area (Å²) < 4.78 is 14.2. The molecule has 0 bridgehead atoms. The molecule has 4 nitrogen and oxygen atoms in total. The summed E-state index contributed by atoms with van der Waals surface area (Å²) in [6.07, 6.45) is 0.670. The second-order valence-corrected chi connectivity index (χ2v) is 7.80. The number of amides is 2. The Hall–Kier alpha value is -2.11. The van der Waals surface area contributed by atoms with Crippen LogP contribution in [0.25, 0.3) is 0 Å². The summed E-state index contributed by atoms with van der Waals surface area (Å²) >= 11 is 12.4. The van der Waals surface area contributed by atoms with Crippen LogP contribution in [0.3, 0.4) is 0 Å². The van der Waals surface area contributed by atoms with Gasteiger partial charge in [-0.2, -0.15) is 0 Å². The van der Waals surface area contributed by atoms with Crippen LogP contribution >= 0.6 is 23.2 Å². The van der Waals surface area contributed by atoms with Crippen LogP contribution < -0.4 is 5.32 Å². The van der Waals surface area contributed by atoms with Crippen LogP contribution in [0.1, 0.15) is 38.3 Å². The van der Waals surface area contributed by atoms with Crippen LogP contribution in [-0.2, 0) is 22.6 Å². The predicted octanol–water partition coefficient (Wildman–Crippen LogP) is 5.01. The van der Waals surface area contributed by atoms with Crippen molar-refractivity contribution in [2.45, 2.75) is 52.2 Å². The van der Waals surface area contributed by atoms with Crippen molar-refractivity contribution in [2.24, 2.45) is 0 Å². The van der Waals surface area contributed by atoms with Gasteiger partial charge >= 0.3 is 0 Å². The van der Waals surface area contributed by atoms with E-state index in [0.717, 1.165) is 6.42 Å². The lowest BCUT2D eigenvalue weighted by Gasteiger charge is -2.30. The number of halogens is 3.